The van der Waals surface area contributed by atoms with Crippen LogP contribution in [0.25, 0.3) is 0 Å². The predicted octanol–water partition coefficient (Wildman–Crippen LogP) is 3.58. The molecule has 1 aromatic heterocycles. The second-order valence-corrected chi connectivity index (χ2v) is 7.23. The monoisotopic (exact) mass is 420 g/mol. The number of hydrogen-bond acceptors (Lipinski definition) is 3. The molecule has 0 bridgehead atoms. The van der Waals surface area contributed by atoms with Gasteiger partial charge >= 0.3 is 6.09 Å². The van der Waals surface area contributed by atoms with Gasteiger partial charge < -0.3 is 19.3 Å². The Hall–Kier alpha value is -2.28. The zero-order valence-electron chi connectivity index (χ0n) is 14.3. The van der Waals surface area contributed by atoms with Crippen LogP contribution in [0, 0.1) is 5.92 Å². The number of piperidine rings is 1. The predicted molar refractivity (Wildman–Crippen MR) is 101 cm³/mol. The molecule has 2 aromatic rings. The largest absolute Gasteiger partial charge is 0.487 e. The SMILES string of the molecule is O=C(O)N1CCC(Cn2ccc(OCc3ccccc3)c(Br)c2=O)CC1. The van der Waals surface area contributed by atoms with Crippen molar-refractivity contribution in [1.82, 2.24) is 9.47 Å². The van der Waals surface area contributed by atoms with Gasteiger partial charge in [0.1, 0.15) is 16.8 Å². The molecule has 1 aliphatic rings. The van der Waals surface area contributed by atoms with Crippen molar-refractivity contribution < 1.29 is 14.6 Å². The van der Waals surface area contributed by atoms with Crippen molar-refractivity contribution in [3.05, 3.63) is 63.0 Å². The quantitative estimate of drug-likeness (QED) is 0.801. The number of aromatic nitrogens is 1. The van der Waals surface area contributed by atoms with Crippen LogP contribution in [0.3, 0.4) is 0 Å². The van der Waals surface area contributed by atoms with Crippen LogP contribution < -0.4 is 10.3 Å². The molecule has 2 heterocycles. The molecule has 1 amide bonds. The number of rotatable bonds is 5. The second-order valence-electron chi connectivity index (χ2n) is 6.44. The van der Waals surface area contributed by atoms with Crippen LogP contribution in [-0.2, 0) is 13.2 Å². The first kappa shape index (κ1) is 18.5. The Labute approximate surface area is 160 Å². The molecular formula is C19H21BrN2O4. The summed E-state index contributed by atoms with van der Waals surface area (Å²) in [4.78, 5) is 25.0. The van der Waals surface area contributed by atoms with Crippen LogP contribution in [0.1, 0.15) is 18.4 Å². The molecule has 0 atom stereocenters. The summed E-state index contributed by atoms with van der Waals surface area (Å²) >= 11 is 3.35. The van der Waals surface area contributed by atoms with Crippen LogP contribution in [0.5, 0.6) is 5.75 Å². The summed E-state index contributed by atoms with van der Waals surface area (Å²) < 4.78 is 7.84. The van der Waals surface area contributed by atoms with E-state index < -0.39 is 6.09 Å². The Morgan fingerprint density at radius 3 is 2.54 bits per heavy atom. The zero-order chi connectivity index (χ0) is 18.5. The molecule has 138 valence electrons. The number of hydrogen-bond donors (Lipinski definition) is 1. The fraction of sp³-hybridized carbons (Fsp3) is 0.368. The van der Waals surface area contributed by atoms with Crippen LogP contribution >= 0.6 is 15.9 Å². The number of amides is 1. The van der Waals surface area contributed by atoms with Crippen molar-refractivity contribution in [2.75, 3.05) is 13.1 Å². The van der Waals surface area contributed by atoms with E-state index in [-0.39, 0.29) is 5.56 Å². The Morgan fingerprint density at radius 1 is 1.19 bits per heavy atom. The standard InChI is InChI=1S/C19H21BrN2O4/c20-17-16(26-13-15-4-2-1-3-5-15)8-11-22(18(17)23)12-14-6-9-21(10-7-14)19(24)25/h1-5,8,11,14H,6-7,9-10,12-13H2,(H,24,25). The van der Waals surface area contributed by atoms with Crippen molar-refractivity contribution in [2.45, 2.75) is 26.0 Å². The fourth-order valence-electron chi connectivity index (χ4n) is 3.11. The molecule has 6 nitrogen and oxygen atoms in total. The Kier molecular flexibility index (Phi) is 5.98. The number of carboxylic acid groups (broad SMARTS) is 1. The molecule has 26 heavy (non-hydrogen) atoms. The second kappa shape index (κ2) is 8.40. The first-order valence-electron chi connectivity index (χ1n) is 8.58. The van der Waals surface area contributed by atoms with E-state index in [0.29, 0.717) is 42.4 Å². The van der Waals surface area contributed by atoms with Crippen LogP contribution in [0.2, 0.25) is 0 Å². The zero-order valence-corrected chi connectivity index (χ0v) is 15.9. The number of benzene rings is 1. The van der Waals surface area contributed by atoms with Gasteiger partial charge in [-0.25, -0.2) is 4.79 Å². The van der Waals surface area contributed by atoms with Gasteiger partial charge in [0.05, 0.1) is 0 Å². The molecule has 1 fully saturated rings. The van der Waals surface area contributed by atoms with Gasteiger partial charge in [-0.05, 0) is 46.3 Å². The molecule has 1 aliphatic heterocycles. The van der Waals surface area contributed by atoms with E-state index in [1.54, 1.807) is 16.8 Å². The van der Waals surface area contributed by atoms with Crippen LogP contribution in [0.4, 0.5) is 4.79 Å². The number of likely N-dealkylation sites (tertiary alicyclic amines) is 1. The van der Waals surface area contributed by atoms with Crippen molar-refractivity contribution in [3.63, 3.8) is 0 Å². The lowest BCUT2D eigenvalue weighted by atomic mass is 9.97. The average Bonchev–Trinajstić information content (AvgIpc) is 2.66. The number of ether oxygens (including phenoxy) is 1. The first-order chi connectivity index (χ1) is 12.5. The molecule has 1 aromatic carbocycles. The summed E-state index contributed by atoms with van der Waals surface area (Å²) in [6, 6.07) is 11.6. The summed E-state index contributed by atoms with van der Waals surface area (Å²) in [5.41, 5.74) is 0.907. The Morgan fingerprint density at radius 2 is 1.88 bits per heavy atom. The molecule has 3 rings (SSSR count). The van der Waals surface area contributed by atoms with Crippen molar-refractivity contribution >= 4 is 22.0 Å². The minimum Gasteiger partial charge on any atom is -0.487 e. The smallest absolute Gasteiger partial charge is 0.407 e. The van der Waals surface area contributed by atoms with Gasteiger partial charge in [-0.3, -0.25) is 4.79 Å². The summed E-state index contributed by atoms with van der Waals surface area (Å²) in [6.07, 6.45) is 2.41. The molecule has 1 saturated heterocycles. The maximum atomic E-state index is 12.6. The van der Waals surface area contributed by atoms with Gasteiger partial charge in [0.25, 0.3) is 5.56 Å². The third-order valence-corrected chi connectivity index (χ3v) is 5.38. The molecule has 1 N–H and O–H groups in total. The first-order valence-corrected chi connectivity index (χ1v) is 9.37. The van der Waals surface area contributed by atoms with Crippen molar-refractivity contribution in [2.24, 2.45) is 5.92 Å². The number of halogens is 1. The molecule has 0 unspecified atom stereocenters. The lowest BCUT2D eigenvalue weighted by Gasteiger charge is -2.30. The highest BCUT2D eigenvalue weighted by Crippen LogP contribution is 2.23. The lowest BCUT2D eigenvalue weighted by molar-refractivity contribution is 0.121. The van der Waals surface area contributed by atoms with E-state index >= 15 is 0 Å². The number of nitrogens with zero attached hydrogens (tertiary/aromatic N) is 2. The Balaban J connectivity index is 1.62. The highest BCUT2D eigenvalue weighted by Gasteiger charge is 2.23. The van der Waals surface area contributed by atoms with Gasteiger partial charge in [-0.2, -0.15) is 0 Å². The minimum absolute atomic E-state index is 0.128. The van der Waals surface area contributed by atoms with Gasteiger partial charge in [0.15, 0.2) is 0 Å². The van der Waals surface area contributed by atoms with E-state index in [1.807, 2.05) is 30.3 Å². The summed E-state index contributed by atoms with van der Waals surface area (Å²) in [5, 5.41) is 9.01. The molecule has 0 radical (unpaired) electrons. The molecule has 7 heteroatoms. The average molecular weight is 421 g/mol. The van der Waals surface area contributed by atoms with Crippen LogP contribution in [0.15, 0.2) is 51.9 Å². The van der Waals surface area contributed by atoms with E-state index in [4.69, 9.17) is 9.84 Å². The maximum Gasteiger partial charge on any atom is 0.407 e. The summed E-state index contributed by atoms with van der Waals surface area (Å²) in [5.74, 6) is 0.821. The van der Waals surface area contributed by atoms with E-state index in [0.717, 1.165) is 18.4 Å². The topological polar surface area (TPSA) is 71.8 Å². The maximum absolute atomic E-state index is 12.6. The Bertz CT molecular complexity index is 814. The summed E-state index contributed by atoms with van der Waals surface area (Å²) in [6.45, 7) is 2.03. The highest BCUT2D eigenvalue weighted by molar-refractivity contribution is 9.10. The summed E-state index contributed by atoms with van der Waals surface area (Å²) in [7, 11) is 0. The van der Waals surface area contributed by atoms with E-state index in [1.165, 1.54) is 4.90 Å². The molecular weight excluding hydrogens is 400 g/mol. The van der Waals surface area contributed by atoms with Gasteiger partial charge in [0, 0.05) is 25.8 Å². The van der Waals surface area contributed by atoms with Crippen molar-refractivity contribution in [1.29, 1.82) is 0 Å². The van der Waals surface area contributed by atoms with Crippen LogP contribution in [-0.4, -0.2) is 33.8 Å². The highest BCUT2D eigenvalue weighted by atomic mass is 79.9. The normalized spacial score (nSPS) is 15.0. The van der Waals surface area contributed by atoms with Gasteiger partial charge in [-0.1, -0.05) is 30.3 Å². The van der Waals surface area contributed by atoms with Gasteiger partial charge in [-0.15, -0.1) is 0 Å². The van der Waals surface area contributed by atoms with E-state index in [2.05, 4.69) is 15.9 Å². The van der Waals surface area contributed by atoms with E-state index in [9.17, 15) is 9.59 Å². The lowest BCUT2D eigenvalue weighted by Crippen LogP contribution is -2.39. The third-order valence-electron chi connectivity index (χ3n) is 4.65. The number of carbonyl (C=O) groups is 1. The number of pyridine rings is 1. The minimum atomic E-state index is -0.872. The molecule has 0 saturated carbocycles. The van der Waals surface area contributed by atoms with Gasteiger partial charge in [0.2, 0.25) is 0 Å². The third kappa shape index (κ3) is 4.46. The fourth-order valence-corrected chi connectivity index (χ4v) is 3.58. The molecule has 0 spiro atoms. The van der Waals surface area contributed by atoms with Crippen molar-refractivity contribution in [3.8, 4) is 5.75 Å². The molecule has 0 aliphatic carbocycles.